The largest absolute Gasteiger partial charge is 0.392 e. The molecule has 0 amide bonds. The number of aliphatic hydroxyl groups is 1. The van der Waals surface area contributed by atoms with E-state index in [0.717, 1.165) is 12.3 Å². The molecule has 1 heterocycles. The average molecular weight is 224 g/mol. The fraction of sp³-hybridized carbons (Fsp3) is 0.692. The summed E-state index contributed by atoms with van der Waals surface area (Å²) in [5.41, 5.74) is 0. The van der Waals surface area contributed by atoms with E-state index < -0.39 is 0 Å². The molecule has 1 aliphatic carbocycles. The molecule has 1 aromatic rings. The molecule has 0 aromatic carbocycles. The van der Waals surface area contributed by atoms with Gasteiger partial charge in [0.1, 0.15) is 0 Å². The molecule has 0 spiro atoms. The average Bonchev–Trinajstić information content (AvgIpc) is 2.71. The number of aliphatic hydroxyl groups excluding tert-OH is 1. The molecule has 84 valence electrons. The number of thiophene rings is 1. The van der Waals surface area contributed by atoms with Gasteiger partial charge in [0.05, 0.1) is 6.10 Å². The molecule has 0 bridgehead atoms. The van der Waals surface area contributed by atoms with Crippen LogP contribution in [0.3, 0.4) is 0 Å². The van der Waals surface area contributed by atoms with Gasteiger partial charge in [-0.05, 0) is 36.1 Å². The van der Waals surface area contributed by atoms with Crippen molar-refractivity contribution in [3.05, 3.63) is 22.4 Å². The first-order valence-electron chi connectivity index (χ1n) is 5.96. The van der Waals surface area contributed by atoms with Gasteiger partial charge in [-0.25, -0.2) is 0 Å². The zero-order valence-electron chi connectivity index (χ0n) is 9.36. The van der Waals surface area contributed by atoms with Crippen LogP contribution in [-0.4, -0.2) is 11.2 Å². The fourth-order valence-corrected chi connectivity index (χ4v) is 3.23. The van der Waals surface area contributed by atoms with E-state index in [2.05, 4.69) is 24.4 Å². The van der Waals surface area contributed by atoms with Crippen molar-refractivity contribution in [3.63, 3.8) is 0 Å². The highest BCUT2D eigenvalue weighted by Gasteiger charge is 2.24. The van der Waals surface area contributed by atoms with Crippen LogP contribution < -0.4 is 0 Å². The number of hydrogen-bond acceptors (Lipinski definition) is 2. The molecule has 15 heavy (non-hydrogen) atoms. The SMILES string of the molecule is CC1CCC(C(O)Cc2cccs2)CC1. The van der Waals surface area contributed by atoms with Gasteiger partial charge in [0, 0.05) is 11.3 Å². The van der Waals surface area contributed by atoms with Crippen molar-refractivity contribution < 1.29 is 5.11 Å². The first-order chi connectivity index (χ1) is 7.25. The van der Waals surface area contributed by atoms with Gasteiger partial charge < -0.3 is 5.11 Å². The molecule has 1 unspecified atom stereocenters. The first-order valence-corrected chi connectivity index (χ1v) is 6.84. The second-order valence-electron chi connectivity index (χ2n) is 4.87. The van der Waals surface area contributed by atoms with Crippen LogP contribution in [0.15, 0.2) is 17.5 Å². The van der Waals surface area contributed by atoms with E-state index in [9.17, 15) is 5.11 Å². The molecule has 1 atom stereocenters. The van der Waals surface area contributed by atoms with E-state index in [1.807, 2.05) is 0 Å². The normalized spacial score (nSPS) is 28.9. The molecule has 2 rings (SSSR count). The molecule has 1 aliphatic rings. The monoisotopic (exact) mass is 224 g/mol. The Balaban J connectivity index is 1.83. The summed E-state index contributed by atoms with van der Waals surface area (Å²) in [5.74, 6) is 1.42. The minimum Gasteiger partial charge on any atom is -0.392 e. The standard InChI is InChI=1S/C13H20OS/c1-10-4-6-11(7-5-10)13(14)9-12-3-2-8-15-12/h2-3,8,10-11,13-14H,4-7,9H2,1H3. The Labute approximate surface area is 96.1 Å². The molecular weight excluding hydrogens is 204 g/mol. The molecule has 1 fully saturated rings. The van der Waals surface area contributed by atoms with Gasteiger partial charge in [0.25, 0.3) is 0 Å². The molecule has 0 aliphatic heterocycles. The van der Waals surface area contributed by atoms with Crippen LogP contribution >= 0.6 is 11.3 Å². The summed E-state index contributed by atoms with van der Waals surface area (Å²) < 4.78 is 0. The van der Waals surface area contributed by atoms with Gasteiger partial charge in [-0.15, -0.1) is 11.3 Å². The zero-order chi connectivity index (χ0) is 10.7. The molecule has 0 radical (unpaired) electrons. The lowest BCUT2D eigenvalue weighted by molar-refractivity contribution is 0.0767. The first kappa shape index (κ1) is 11.2. The van der Waals surface area contributed by atoms with Crippen LogP contribution in [0.4, 0.5) is 0 Å². The van der Waals surface area contributed by atoms with Gasteiger partial charge in [0.2, 0.25) is 0 Å². The minimum absolute atomic E-state index is 0.115. The summed E-state index contributed by atoms with van der Waals surface area (Å²) in [6.07, 6.45) is 5.77. The number of rotatable bonds is 3. The Morgan fingerprint density at radius 3 is 2.73 bits per heavy atom. The van der Waals surface area contributed by atoms with Gasteiger partial charge in [-0.1, -0.05) is 25.8 Å². The van der Waals surface area contributed by atoms with Crippen LogP contribution in [0.2, 0.25) is 0 Å². The summed E-state index contributed by atoms with van der Waals surface area (Å²) in [4.78, 5) is 1.32. The third-order valence-corrected chi connectivity index (χ3v) is 4.49. The second-order valence-corrected chi connectivity index (χ2v) is 5.90. The zero-order valence-corrected chi connectivity index (χ0v) is 10.2. The van der Waals surface area contributed by atoms with Gasteiger partial charge >= 0.3 is 0 Å². The summed E-state index contributed by atoms with van der Waals surface area (Å²) in [6, 6.07) is 4.19. The van der Waals surface area contributed by atoms with E-state index >= 15 is 0 Å². The van der Waals surface area contributed by atoms with Crippen LogP contribution in [0, 0.1) is 11.8 Å². The molecule has 0 saturated heterocycles. The van der Waals surface area contributed by atoms with E-state index in [4.69, 9.17) is 0 Å². The van der Waals surface area contributed by atoms with Crippen molar-refractivity contribution in [2.75, 3.05) is 0 Å². The Hall–Kier alpha value is -0.340. The third-order valence-electron chi connectivity index (χ3n) is 3.60. The highest BCUT2D eigenvalue weighted by Crippen LogP contribution is 2.31. The van der Waals surface area contributed by atoms with Gasteiger partial charge in [-0.3, -0.25) is 0 Å². The lowest BCUT2D eigenvalue weighted by atomic mass is 9.79. The minimum atomic E-state index is -0.115. The van der Waals surface area contributed by atoms with E-state index in [1.165, 1.54) is 30.6 Å². The van der Waals surface area contributed by atoms with Crippen LogP contribution in [0.25, 0.3) is 0 Å². The predicted molar refractivity (Wildman–Crippen MR) is 65.2 cm³/mol. The van der Waals surface area contributed by atoms with Crippen LogP contribution in [0.1, 0.15) is 37.5 Å². The molecule has 1 N–H and O–H groups in total. The maximum Gasteiger partial charge on any atom is 0.0616 e. The lowest BCUT2D eigenvalue weighted by Crippen LogP contribution is -2.26. The third kappa shape index (κ3) is 3.05. The van der Waals surface area contributed by atoms with E-state index in [0.29, 0.717) is 5.92 Å². The van der Waals surface area contributed by atoms with Crippen molar-refractivity contribution in [1.82, 2.24) is 0 Å². The fourth-order valence-electron chi connectivity index (χ4n) is 2.47. The van der Waals surface area contributed by atoms with Gasteiger partial charge in [0.15, 0.2) is 0 Å². The lowest BCUT2D eigenvalue weighted by Gasteiger charge is -2.29. The summed E-state index contributed by atoms with van der Waals surface area (Å²) in [6.45, 7) is 2.32. The predicted octanol–water partition coefficient (Wildman–Crippen LogP) is 3.48. The molecule has 1 aromatic heterocycles. The van der Waals surface area contributed by atoms with Crippen molar-refractivity contribution in [3.8, 4) is 0 Å². The second kappa shape index (κ2) is 5.13. The maximum absolute atomic E-state index is 10.1. The highest BCUT2D eigenvalue weighted by atomic mass is 32.1. The van der Waals surface area contributed by atoms with Crippen molar-refractivity contribution in [2.24, 2.45) is 11.8 Å². The summed E-state index contributed by atoms with van der Waals surface area (Å²) in [5, 5.41) is 12.2. The Bertz CT molecular complexity index is 273. The summed E-state index contributed by atoms with van der Waals surface area (Å²) in [7, 11) is 0. The summed E-state index contributed by atoms with van der Waals surface area (Å²) >= 11 is 1.76. The topological polar surface area (TPSA) is 20.2 Å². The van der Waals surface area contributed by atoms with Crippen LogP contribution in [0.5, 0.6) is 0 Å². The highest BCUT2D eigenvalue weighted by molar-refractivity contribution is 7.09. The molecule has 1 saturated carbocycles. The molecular formula is C13H20OS. The molecule has 1 nitrogen and oxygen atoms in total. The quantitative estimate of drug-likeness (QED) is 0.833. The smallest absolute Gasteiger partial charge is 0.0616 e. The van der Waals surface area contributed by atoms with Crippen molar-refractivity contribution in [1.29, 1.82) is 0 Å². The van der Waals surface area contributed by atoms with E-state index in [-0.39, 0.29) is 6.10 Å². The Morgan fingerprint density at radius 2 is 2.13 bits per heavy atom. The van der Waals surface area contributed by atoms with Crippen molar-refractivity contribution >= 4 is 11.3 Å². The van der Waals surface area contributed by atoms with E-state index in [1.54, 1.807) is 11.3 Å². The maximum atomic E-state index is 10.1. The number of hydrogen-bond donors (Lipinski definition) is 1. The Morgan fingerprint density at radius 1 is 1.40 bits per heavy atom. The Kier molecular flexibility index (Phi) is 3.81. The van der Waals surface area contributed by atoms with Crippen molar-refractivity contribution in [2.45, 2.75) is 45.1 Å². The molecule has 2 heteroatoms. The van der Waals surface area contributed by atoms with Gasteiger partial charge in [-0.2, -0.15) is 0 Å². The van der Waals surface area contributed by atoms with Crippen LogP contribution in [-0.2, 0) is 6.42 Å².